The molecule has 0 aliphatic heterocycles. The van der Waals surface area contributed by atoms with Crippen molar-refractivity contribution in [1.82, 2.24) is 0 Å². The van der Waals surface area contributed by atoms with Crippen molar-refractivity contribution < 1.29 is 4.79 Å². The van der Waals surface area contributed by atoms with E-state index in [4.69, 9.17) is 0 Å². The Hall–Kier alpha value is -2.09. The Morgan fingerprint density at radius 1 is 0.905 bits per heavy atom. The summed E-state index contributed by atoms with van der Waals surface area (Å²) in [6, 6.07) is 12.3. The summed E-state index contributed by atoms with van der Waals surface area (Å²) in [5.41, 5.74) is 6.60. The summed E-state index contributed by atoms with van der Waals surface area (Å²) in [6.45, 7) is 8.60. The van der Waals surface area contributed by atoms with Gasteiger partial charge in [0.15, 0.2) is 5.78 Å². The monoisotopic (exact) mass is 281 g/mol. The van der Waals surface area contributed by atoms with Crippen LogP contribution in [-0.2, 0) is 0 Å². The molecule has 0 N–H and O–H groups in total. The Kier molecular flexibility index (Phi) is 4.46. The first kappa shape index (κ1) is 15.3. The van der Waals surface area contributed by atoms with Crippen molar-refractivity contribution in [2.24, 2.45) is 0 Å². The number of ketones is 1. The van der Waals surface area contributed by atoms with E-state index in [0.29, 0.717) is 6.54 Å². The number of nitrogens with zero attached hydrogens (tertiary/aromatic N) is 1. The molecule has 0 fully saturated rings. The summed E-state index contributed by atoms with van der Waals surface area (Å²) in [4.78, 5) is 14.5. The van der Waals surface area contributed by atoms with Crippen molar-refractivity contribution in [3.63, 3.8) is 0 Å². The molecule has 0 atom stereocenters. The molecule has 2 heteroatoms. The van der Waals surface area contributed by atoms with Crippen LogP contribution in [0.4, 0.5) is 5.69 Å². The molecule has 0 radical (unpaired) electrons. The molecule has 2 nitrogen and oxygen atoms in total. The number of likely N-dealkylation sites (N-methyl/N-ethyl adjacent to an activating group) is 1. The molecule has 0 bridgehead atoms. The van der Waals surface area contributed by atoms with Crippen LogP contribution in [0.25, 0.3) is 0 Å². The molecule has 0 saturated carbocycles. The average Bonchev–Trinajstić information content (AvgIpc) is 2.37. The number of Topliss-reactive ketones (excluding diaryl/α,β-unsaturated/α-hetero) is 1. The van der Waals surface area contributed by atoms with Crippen LogP contribution in [0.3, 0.4) is 0 Å². The zero-order valence-corrected chi connectivity index (χ0v) is 13.5. The lowest BCUT2D eigenvalue weighted by molar-refractivity contribution is 0.1000. The van der Waals surface area contributed by atoms with Crippen LogP contribution in [0.15, 0.2) is 36.4 Å². The van der Waals surface area contributed by atoms with Crippen molar-refractivity contribution in [2.45, 2.75) is 27.7 Å². The Morgan fingerprint density at radius 3 is 2.05 bits per heavy atom. The number of aryl methyl sites for hydroxylation is 4. The Morgan fingerprint density at radius 2 is 1.48 bits per heavy atom. The predicted octanol–water partition coefficient (Wildman–Crippen LogP) is 4.24. The molecule has 21 heavy (non-hydrogen) atoms. The van der Waals surface area contributed by atoms with Gasteiger partial charge >= 0.3 is 0 Å². The molecular weight excluding hydrogens is 258 g/mol. The van der Waals surface area contributed by atoms with Gasteiger partial charge in [-0.15, -0.1) is 0 Å². The van der Waals surface area contributed by atoms with E-state index in [1.54, 1.807) is 0 Å². The van der Waals surface area contributed by atoms with E-state index in [9.17, 15) is 4.79 Å². The van der Waals surface area contributed by atoms with Crippen molar-refractivity contribution in [2.75, 3.05) is 18.5 Å². The number of hydrogen-bond acceptors (Lipinski definition) is 2. The van der Waals surface area contributed by atoms with Gasteiger partial charge < -0.3 is 4.90 Å². The zero-order valence-electron chi connectivity index (χ0n) is 13.5. The summed E-state index contributed by atoms with van der Waals surface area (Å²) in [5.74, 6) is 0.162. The first-order chi connectivity index (χ1) is 9.88. The van der Waals surface area contributed by atoms with Crippen LogP contribution in [0.1, 0.15) is 32.6 Å². The molecule has 2 rings (SSSR count). The fourth-order valence-electron chi connectivity index (χ4n) is 2.75. The van der Waals surface area contributed by atoms with Crippen LogP contribution in [-0.4, -0.2) is 19.4 Å². The average molecular weight is 281 g/mol. The van der Waals surface area contributed by atoms with Gasteiger partial charge in [-0.25, -0.2) is 0 Å². The normalized spacial score (nSPS) is 10.5. The first-order valence-electron chi connectivity index (χ1n) is 7.27. The molecule has 2 aromatic carbocycles. The Balaban J connectivity index is 2.18. The maximum Gasteiger partial charge on any atom is 0.182 e. The second-order valence-electron chi connectivity index (χ2n) is 5.89. The molecule has 0 saturated heterocycles. The maximum atomic E-state index is 12.5. The molecule has 0 aliphatic carbocycles. The van der Waals surface area contributed by atoms with Gasteiger partial charge in [0.1, 0.15) is 0 Å². The van der Waals surface area contributed by atoms with Crippen molar-refractivity contribution in [3.05, 3.63) is 64.2 Å². The molecule has 0 spiro atoms. The van der Waals surface area contributed by atoms with E-state index in [1.165, 1.54) is 16.7 Å². The van der Waals surface area contributed by atoms with Crippen LogP contribution < -0.4 is 4.90 Å². The third-order valence-corrected chi connectivity index (χ3v) is 3.83. The van der Waals surface area contributed by atoms with Gasteiger partial charge in [0.2, 0.25) is 0 Å². The van der Waals surface area contributed by atoms with E-state index >= 15 is 0 Å². The van der Waals surface area contributed by atoms with Crippen LogP contribution in [0, 0.1) is 27.7 Å². The smallest absolute Gasteiger partial charge is 0.182 e. The van der Waals surface area contributed by atoms with E-state index in [2.05, 4.69) is 38.1 Å². The molecule has 110 valence electrons. The van der Waals surface area contributed by atoms with Gasteiger partial charge in [-0.1, -0.05) is 41.5 Å². The molecular formula is C19H23NO. The van der Waals surface area contributed by atoms with Gasteiger partial charge in [-0.2, -0.15) is 0 Å². The highest BCUT2D eigenvalue weighted by atomic mass is 16.1. The zero-order chi connectivity index (χ0) is 15.6. The highest BCUT2D eigenvalue weighted by Crippen LogP contribution is 2.20. The molecule has 0 amide bonds. The van der Waals surface area contributed by atoms with Gasteiger partial charge in [-0.05, 0) is 44.9 Å². The van der Waals surface area contributed by atoms with E-state index in [-0.39, 0.29) is 5.78 Å². The lowest BCUT2D eigenvalue weighted by atomic mass is 10.0. The topological polar surface area (TPSA) is 20.3 Å². The Bertz CT molecular complexity index is 673. The van der Waals surface area contributed by atoms with Crippen molar-refractivity contribution in [1.29, 1.82) is 0 Å². The highest BCUT2D eigenvalue weighted by Gasteiger charge is 2.13. The van der Waals surface area contributed by atoms with Gasteiger partial charge in [-0.3, -0.25) is 4.79 Å². The standard InChI is InChI=1S/C19H23NO/c1-13-6-8-17(15(3)10-13)19(21)12-20(5)18-9-7-14(2)11-16(18)4/h6-11H,12H2,1-5H3. The van der Waals surface area contributed by atoms with Crippen LogP contribution in [0.2, 0.25) is 0 Å². The summed E-state index contributed by atoms with van der Waals surface area (Å²) in [5, 5.41) is 0. The van der Waals surface area contributed by atoms with Crippen LogP contribution in [0.5, 0.6) is 0 Å². The summed E-state index contributed by atoms with van der Waals surface area (Å²) in [7, 11) is 1.97. The highest BCUT2D eigenvalue weighted by molar-refractivity contribution is 6.00. The molecule has 2 aromatic rings. The number of rotatable bonds is 4. The van der Waals surface area contributed by atoms with Crippen molar-refractivity contribution in [3.8, 4) is 0 Å². The Labute approximate surface area is 127 Å². The quantitative estimate of drug-likeness (QED) is 0.781. The van der Waals surface area contributed by atoms with Gasteiger partial charge in [0, 0.05) is 18.3 Å². The number of hydrogen-bond donors (Lipinski definition) is 0. The minimum atomic E-state index is 0.162. The number of benzene rings is 2. The first-order valence-corrected chi connectivity index (χ1v) is 7.27. The fourth-order valence-corrected chi connectivity index (χ4v) is 2.75. The molecule has 0 unspecified atom stereocenters. The summed E-state index contributed by atoms with van der Waals surface area (Å²) >= 11 is 0. The fraction of sp³-hybridized carbons (Fsp3) is 0.316. The number of carbonyl (C=O) groups excluding carboxylic acids is 1. The minimum absolute atomic E-state index is 0.162. The lowest BCUT2D eigenvalue weighted by Crippen LogP contribution is -2.26. The largest absolute Gasteiger partial charge is 0.367 e. The summed E-state index contributed by atoms with van der Waals surface area (Å²) < 4.78 is 0. The molecule has 0 aliphatic rings. The third-order valence-electron chi connectivity index (χ3n) is 3.83. The lowest BCUT2D eigenvalue weighted by Gasteiger charge is -2.21. The number of carbonyl (C=O) groups is 1. The maximum absolute atomic E-state index is 12.5. The van der Waals surface area contributed by atoms with Gasteiger partial charge in [0.05, 0.1) is 6.54 Å². The SMILES string of the molecule is Cc1ccc(C(=O)CN(C)c2ccc(C)cc2C)c(C)c1. The summed E-state index contributed by atoms with van der Waals surface area (Å²) in [6.07, 6.45) is 0. The van der Waals surface area contributed by atoms with E-state index in [0.717, 1.165) is 16.8 Å². The van der Waals surface area contributed by atoms with E-state index < -0.39 is 0 Å². The minimum Gasteiger partial charge on any atom is -0.367 e. The van der Waals surface area contributed by atoms with E-state index in [1.807, 2.05) is 37.9 Å². The van der Waals surface area contributed by atoms with Gasteiger partial charge in [0.25, 0.3) is 0 Å². The molecule has 0 aromatic heterocycles. The number of anilines is 1. The van der Waals surface area contributed by atoms with Crippen molar-refractivity contribution >= 4 is 11.5 Å². The second kappa shape index (κ2) is 6.13. The third kappa shape index (κ3) is 3.52. The predicted molar refractivity (Wildman–Crippen MR) is 89.4 cm³/mol. The van der Waals surface area contributed by atoms with Crippen LogP contribution >= 0.6 is 0 Å². The molecule has 0 heterocycles. The second-order valence-corrected chi connectivity index (χ2v) is 5.89.